The Bertz CT molecular complexity index is 580. The van der Waals surface area contributed by atoms with Crippen LogP contribution in [0.3, 0.4) is 0 Å². The molecule has 0 spiro atoms. The molecule has 1 heterocycles. The summed E-state index contributed by atoms with van der Waals surface area (Å²) in [4.78, 5) is 0. The van der Waals surface area contributed by atoms with Crippen molar-refractivity contribution in [2.75, 3.05) is 5.75 Å². The molecule has 0 aliphatic heterocycles. The molecule has 112 valence electrons. The minimum absolute atomic E-state index is 0.105. The number of hydrogen-bond donors (Lipinski definition) is 1. The summed E-state index contributed by atoms with van der Waals surface area (Å²) in [5.41, 5.74) is 0.875. The number of rotatable bonds is 4. The molecule has 6 heteroatoms. The van der Waals surface area contributed by atoms with E-state index in [2.05, 4.69) is 10.2 Å². The van der Waals surface area contributed by atoms with E-state index < -0.39 is 0 Å². The van der Waals surface area contributed by atoms with Crippen LogP contribution in [0.2, 0.25) is 5.02 Å². The highest BCUT2D eigenvalue weighted by atomic mass is 35.5. The summed E-state index contributed by atoms with van der Waals surface area (Å²) >= 11 is 7.46. The Morgan fingerprint density at radius 1 is 1.14 bits per heavy atom. The van der Waals surface area contributed by atoms with Crippen LogP contribution in [0.1, 0.15) is 25.7 Å². The number of halogens is 1. The van der Waals surface area contributed by atoms with Crippen LogP contribution in [-0.4, -0.2) is 27.2 Å². The Labute approximate surface area is 132 Å². The van der Waals surface area contributed by atoms with E-state index >= 15 is 0 Å². The Balaban J connectivity index is 1.56. The third kappa shape index (κ3) is 3.99. The van der Waals surface area contributed by atoms with Crippen molar-refractivity contribution in [2.24, 2.45) is 5.92 Å². The van der Waals surface area contributed by atoms with Gasteiger partial charge in [-0.05, 0) is 55.9 Å². The molecule has 1 aromatic carbocycles. The standard InChI is InChI=1S/C15H17ClN2O2S/c16-12-5-3-11(4-6-12)14-17-18-15(20-14)21-9-10-1-7-13(19)8-2-10/h3-6,10,13,19H,1-2,7-9H2. The van der Waals surface area contributed by atoms with Crippen molar-refractivity contribution in [3.63, 3.8) is 0 Å². The van der Waals surface area contributed by atoms with Crippen molar-refractivity contribution < 1.29 is 9.52 Å². The van der Waals surface area contributed by atoms with Gasteiger partial charge in [0.2, 0.25) is 5.89 Å². The Kier molecular flexibility index (Phi) is 4.83. The maximum absolute atomic E-state index is 9.50. The van der Waals surface area contributed by atoms with Crippen LogP contribution < -0.4 is 0 Å². The zero-order chi connectivity index (χ0) is 14.7. The van der Waals surface area contributed by atoms with Gasteiger partial charge in [0, 0.05) is 16.3 Å². The van der Waals surface area contributed by atoms with Gasteiger partial charge in [0.05, 0.1) is 6.10 Å². The smallest absolute Gasteiger partial charge is 0.276 e. The summed E-state index contributed by atoms with van der Waals surface area (Å²) in [6.45, 7) is 0. The van der Waals surface area contributed by atoms with Crippen molar-refractivity contribution in [3.05, 3.63) is 29.3 Å². The molecule has 2 aromatic rings. The second-order valence-electron chi connectivity index (χ2n) is 5.37. The first-order valence-electron chi connectivity index (χ1n) is 7.11. The van der Waals surface area contributed by atoms with E-state index in [1.54, 1.807) is 23.9 Å². The lowest BCUT2D eigenvalue weighted by molar-refractivity contribution is 0.113. The summed E-state index contributed by atoms with van der Waals surface area (Å²) in [5, 5.41) is 18.9. The lowest BCUT2D eigenvalue weighted by Gasteiger charge is -2.24. The van der Waals surface area contributed by atoms with Crippen molar-refractivity contribution in [1.82, 2.24) is 10.2 Å². The fraction of sp³-hybridized carbons (Fsp3) is 0.467. The lowest BCUT2D eigenvalue weighted by atomic mass is 9.89. The van der Waals surface area contributed by atoms with E-state index in [-0.39, 0.29) is 6.10 Å². The number of hydrogen-bond acceptors (Lipinski definition) is 5. The molecule has 1 aliphatic carbocycles. The monoisotopic (exact) mass is 324 g/mol. The van der Waals surface area contributed by atoms with Crippen LogP contribution in [0.4, 0.5) is 0 Å². The molecule has 1 saturated carbocycles. The molecule has 0 amide bonds. The van der Waals surface area contributed by atoms with Gasteiger partial charge in [0.25, 0.3) is 5.22 Å². The van der Waals surface area contributed by atoms with Gasteiger partial charge in [-0.2, -0.15) is 0 Å². The molecule has 0 saturated heterocycles. The van der Waals surface area contributed by atoms with Crippen LogP contribution in [0.5, 0.6) is 0 Å². The van der Waals surface area contributed by atoms with Crippen LogP contribution in [0.25, 0.3) is 11.5 Å². The number of aromatic nitrogens is 2. The van der Waals surface area contributed by atoms with Gasteiger partial charge in [-0.3, -0.25) is 0 Å². The molecule has 1 aliphatic rings. The van der Waals surface area contributed by atoms with Gasteiger partial charge in [-0.25, -0.2) is 0 Å². The molecule has 0 bridgehead atoms. The molecular formula is C15H17ClN2O2S. The van der Waals surface area contributed by atoms with E-state index in [9.17, 15) is 5.11 Å². The molecule has 3 rings (SSSR count). The Hall–Kier alpha value is -1.04. The average molecular weight is 325 g/mol. The minimum Gasteiger partial charge on any atom is -0.411 e. The van der Waals surface area contributed by atoms with Gasteiger partial charge >= 0.3 is 0 Å². The van der Waals surface area contributed by atoms with Gasteiger partial charge < -0.3 is 9.52 Å². The normalized spacial score (nSPS) is 22.4. The first-order chi connectivity index (χ1) is 10.2. The zero-order valence-electron chi connectivity index (χ0n) is 11.5. The topological polar surface area (TPSA) is 59.2 Å². The van der Waals surface area contributed by atoms with Crippen molar-refractivity contribution in [3.8, 4) is 11.5 Å². The third-order valence-corrected chi connectivity index (χ3v) is 5.06. The first-order valence-corrected chi connectivity index (χ1v) is 8.47. The second kappa shape index (κ2) is 6.81. The second-order valence-corrected chi connectivity index (χ2v) is 6.77. The molecule has 0 atom stereocenters. The van der Waals surface area contributed by atoms with Gasteiger partial charge in [-0.15, -0.1) is 10.2 Å². The fourth-order valence-corrected chi connectivity index (χ4v) is 3.55. The summed E-state index contributed by atoms with van der Waals surface area (Å²) in [5.74, 6) is 2.12. The lowest BCUT2D eigenvalue weighted by Crippen LogP contribution is -2.19. The Morgan fingerprint density at radius 3 is 2.57 bits per heavy atom. The predicted octanol–water partition coefficient (Wildman–Crippen LogP) is 4.03. The SMILES string of the molecule is OC1CCC(CSc2nnc(-c3ccc(Cl)cc3)o2)CC1. The van der Waals surface area contributed by atoms with Gasteiger partial charge in [0.15, 0.2) is 0 Å². The van der Waals surface area contributed by atoms with Crippen LogP contribution in [-0.2, 0) is 0 Å². The molecule has 1 N–H and O–H groups in total. The predicted molar refractivity (Wildman–Crippen MR) is 83.4 cm³/mol. The number of aliphatic hydroxyl groups is 1. The number of benzene rings is 1. The van der Waals surface area contributed by atoms with Gasteiger partial charge in [0.1, 0.15) is 0 Å². The summed E-state index contributed by atoms with van der Waals surface area (Å²) in [7, 11) is 0. The quantitative estimate of drug-likeness (QED) is 0.860. The third-order valence-electron chi connectivity index (χ3n) is 3.76. The molecule has 0 radical (unpaired) electrons. The van der Waals surface area contributed by atoms with Crippen molar-refractivity contribution in [1.29, 1.82) is 0 Å². The van der Waals surface area contributed by atoms with Gasteiger partial charge in [-0.1, -0.05) is 23.4 Å². The van der Waals surface area contributed by atoms with E-state index in [0.717, 1.165) is 37.0 Å². The number of thioether (sulfide) groups is 1. The van der Waals surface area contributed by atoms with Crippen LogP contribution in [0, 0.1) is 5.92 Å². The highest BCUT2D eigenvalue weighted by Gasteiger charge is 2.20. The highest BCUT2D eigenvalue weighted by Crippen LogP contribution is 2.31. The number of aliphatic hydroxyl groups excluding tert-OH is 1. The minimum atomic E-state index is -0.105. The molecular weight excluding hydrogens is 308 g/mol. The molecule has 21 heavy (non-hydrogen) atoms. The average Bonchev–Trinajstić information content (AvgIpc) is 2.96. The number of nitrogens with zero attached hydrogens (tertiary/aromatic N) is 2. The molecule has 0 unspecified atom stereocenters. The van der Waals surface area contributed by atoms with E-state index in [1.165, 1.54) is 0 Å². The van der Waals surface area contributed by atoms with Crippen LogP contribution in [0.15, 0.2) is 33.9 Å². The Morgan fingerprint density at radius 2 is 1.86 bits per heavy atom. The van der Waals surface area contributed by atoms with E-state index in [4.69, 9.17) is 16.0 Å². The van der Waals surface area contributed by atoms with E-state index in [0.29, 0.717) is 22.1 Å². The van der Waals surface area contributed by atoms with Crippen molar-refractivity contribution in [2.45, 2.75) is 37.0 Å². The summed E-state index contributed by atoms with van der Waals surface area (Å²) in [6.07, 6.45) is 3.86. The first kappa shape index (κ1) is 14.9. The van der Waals surface area contributed by atoms with E-state index in [1.807, 2.05) is 12.1 Å². The summed E-state index contributed by atoms with van der Waals surface area (Å²) < 4.78 is 5.67. The van der Waals surface area contributed by atoms with Crippen LogP contribution >= 0.6 is 23.4 Å². The molecule has 4 nitrogen and oxygen atoms in total. The largest absolute Gasteiger partial charge is 0.411 e. The zero-order valence-corrected chi connectivity index (χ0v) is 13.1. The molecule has 1 fully saturated rings. The summed E-state index contributed by atoms with van der Waals surface area (Å²) in [6, 6.07) is 7.35. The highest BCUT2D eigenvalue weighted by molar-refractivity contribution is 7.99. The molecule has 1 aromatic heterocycles. The fourth-order valence-electron chi connectivity index (χ4n) is 2.48. The maximum Gasteiger partial charge on any atom is 0.276 e. The van der Waals surface area contributed by atoms with Crippen molar-refractivity contribution >= 4 is 23.4 Å². The maximum atomic E-state index is 9.50.